The third-order valence-electron chi connectivity index (χ3n) is 4.64. The van der Waals surface area contributed by atoms with Gasteiger partial charge < -0.3 is 15.4 Å². The number of amides is 2. The second-order valence-electron chi connectivity index (χ2n) is 6.90. The molecule has 0 saturated carbocycles. The normalized spacial score (nSPS) is 13.6. The standard InChI is InChI=1S/C22H24F2N2O4/c1-4-13(2)19(26-21(28)15-8-6-5-7-9-15)22(29)30-14(3)20(27)25-18-11-10-16(23)12-17(18)24/h5-14,19H,4H2,1-3H3,(H,25,27)(H,26,28)/t13-,14-,19-/m0/s1. The first-order valence-corrected chi connectivity index (χ1v) is 9.55. The van der Waals surface area contributed by atoms with Crippen LogP contribution in [0.15, 0.2) is 48.5 Å². The number of nitrogens with one attached hydrogen (secondary N) is 2. The Morgan fingerprint density at radius 1 is 1.03 bits per heavy atom. The first-order valence-electron chi connectivity index (χ1n) is 9.55. The highest BCUT2D eigenvalue weighted by Gasteiger charge is 2.30. The van der Waals surface area contributed by atoms with Gasteiger partial charge in [-0.15, -0.1) is 0 Å². The van der Waals surface area contributed by atoms with Crippen molar-refractivity contribution >= 4 is 23.5 Å². The lowest BCUT2D eigenvalue weighted by Crippen LogP contribution is -2.47. The van der Waals surface area contributed by atoms with Crippen LogP contribution in [0.4, 0.5) is 14.5 Å². The summed E-state index contributed by atoms with van der Waals surface area (Å²) in [5.41, 5.74) is 0.149. The van der Waals surface area contributed by atoms with Crippen LogP contribution in [0.3, 0.4) is 0 Å². The summed E-state index contributed by atoms with van der Waals surface area (Å²) in [4.78, 5) is 37.3. The van der Waals surface area contributed by atoms with Crippen LogP contribution in [0.25, 0.3) is 0 Å². The summed E-state index contributed by atoms with van der Waals surface area (Å²) in [5, 5.41) is 4.89. The van der Waals surface area contributed by atoms with Crippen LogP contribution < -0.4 is 10.6 Å². The third-order valence-corrected chi connectivity index (χ3v) is 4.64. The summed E-state index contributed by atoms with van der Waals surface area (Å²) in [7, 11) is 0. The van der Waals surface area contributed by atoms with Gasteiger partial charge in [-0.1, -0.05) is 38.5 Å². The van der Waals surface area contributed by atoms with Crippen molar-refractivity contribution < 1.29 is 27.9 Å². The largest absolute Gasteiger partial charge is 0.451 e. The van der Waals surface area contributed by atoms with Gasteiger partial charge >= 0.3 is 5.97 Å². The van der Waals surface area contributed by atoms with Crippen LogP contribution in [-0.4, -0.2) is 29.9 Å². The Morgan fingerprint density at radius 3 is 2.30 bits per heavy atom. The van der Waals surface area contributed by atoms with Gasteiger partial charge in [-0.25, -0.2) is 13.6 Å². The van der Waals surface area contributed by atoms with Crippen molar-refractivity contribution in [2.75, 3.05) is 5.32 Å². The van der Waals surface area contributed by atoms with E-state index in [9.17, 15) is 23.2 Å². The molecule has 2 aromatic carbocycles. The summed E-state index contributed by atoms with van der Waals surface area (Å²) in [6.45, 7) is 4.95. The van der Waals surface area contributed by atoms with E-state index in [4.69, 9.17) is 4.74 Å². The molecular weight excluding hydrogens is 394 g/mol. The topological polar surface area (TPSA) is 84.5 Å². The van der Waals surface area contributed by atoms with Crippen molar-refractivity contribution in [2.24, 2.45) is 5.92 Å². The highest BCUT2D eigenvalue weighted by molar-refractivity contribution is 5.98. The number of benzene rings is 2. The molecule has 0 bridgehead atoms. The lowest BCUT2D eigenvalue weighted by molar-refractivity contribution is -0.156. The highest BCUT2D eigenvalue weighted by Crippen LogP contribution is 2.16. The molecule has 8 heteroatoms. The molecule has 0 unspecified atom stereocenters. The van der Waals surface area contributed by atoms with Crippen LogP contribution >= 0.6 is 0 Å². The SMILES string of the molecule is CC[C@H](C)[C@H](NC(=O)c1ccccc1)C(=O)O[C@@H](C)C(=O)Nc1ccc(F)cc1F. The number of carbonyl (C=O) groups excluding carboxylic acids is 3. The molecule has 6 nitrogen and oxygen atoms in total. The van der Waals surface area contributed by atoms with Crippen LogP contribution in [0.2, 0.25) is 0 Å². The molecule has 3 atom stereocenters. The zero-order chi connectivity index (χ0) is 22.3. The van der Waals surface area contributed by atoms with Crippen molar-refractivity contribution in [3.8, 4) is 0 Å². The molecular formula is C22H24F2N2O4. The molecule has 0 radical (unpaired) electrons. The first kappa shape index (κ1) is 23.0. The zero-order valence-corrected chi connectivity index (χ0v) is 16.9. The predicted octanol–water partition coefficient (Wildman–Crippen LogP) is 3.68. The molecule has 0 aliphatic carbocycles. The zero-order valence-electron chi connectivity index (χ0n) is 16.9. The summed E-state index contributed by atoms with van der Waals surface area (Å²) < 4.78 is 31.9. The van der Waals surface area contributed by atoms with E-state index in [0.717, 1.165) is 12.1 Å². The number of hydrogen-bond donors (Lipinski definition) is 2. The second-order valence-corrected chi connectivity index (χ2v) is 6.90. The molecule has 2 aromatic rings. The number of esters is 1. The predicted molar refractivity (Wildman–Crippen MR) is 108 cm³/mol. The molecule has 0 aliphatic heterocycles. The van der Waals surface area contributed by atoms with E-state index in [1.807, 2.05) is 6.92 Å². The second kappa shape index (κ2) is 10.5. The minimum absolute atomic E-state index is 0.236. The number of rotatable bonds is 8. The van der Waals surface area contributed by atoms with Gasteiger partial charge in [0.15, 0.2) is 6.10 Å². The number of anilines is 1. The minimum atomic E-state index is -1.26. The van der Waals surface area contributed by atoms with Crippen LogP contribution in [-0.2, 0) is 14.3 Å². The maximum atomic E-state index is 13.7. The number of ether oxygens (including phenoxy) is 1. The molecule has 0 spiro atoms. The van der Waals surface area contributed by atoms with Crippen LogP contribution in [0.1, 0.15) is 37.6 Å². The maximum absolute atomic E-state index is 13.7. The summed E-state index contributed by atoms with van der Waals surface area (Å²) in [6.07, 6.45) is -0.682. The Morgan fingerprint density at radius 2 is 1.70 bits per heavy atom. The Balaban J connectivity index is 2.04. The molecule has 0 saturated heterocycles. The molecule has 0 aliphatic rings. The van der Waals surface area contributed by atoms with E-state index in [1.165, 1.54) is 6.92 Å². The van der Waals surface area contributed by atoms with Crippen molar-refractivity contribution in [3.63, 3.8) is 0 Å². The van der Waals surface area contributed by atoms with Gasteiger partial charge in [-0.05, 0) is 37.1 Å². The Kier molecular flexibility index (Phi) is 8.03. The van der Waals surface area contributed by atoms with Crippen molar-refractivity contribution in [2.45, 2.75) is 39.3 Å². The third kappa shape index (κ3) is 6.10. The molecule has 0 fully saturated rings. The molecule has 2 amide bonds. The fraction of sp³-hybridized carbons (Fsp3) is 0.318. The van der Waals surface area contributed by atoms with Gasteiger partial charge in [-0.3, -0.25) is 9.59 Å². The van der Waals surface area contributed by atoms with E-state index in [-0.39, 0.29) is 11.6 Å². The Hall–Kier alpha value is -3.29. The number of halogens is 2. The van der Waals surface area contributed by atoms with Gasteiger partial charge in [0, 0.05) is 11.6 Å². The van der Waals surface area contributed by atoms with Gasteiger partial charge in [-0.2, -0.15) is 0 Å². The Bertz CT molecular complexity index is 905. The van der Waals surface area contributed by atoms with Gasteiger partial charge in [0.2, 0.25) is 0 Å². The molecule has 160 valence electrons. The molecule has 2 rings (SSSR count). The van der Waals surface area contributed by atoms with Crippen LogP contribution in [0.5, 0.6) is 0 Å². The highest BCUT2D eigenvalue weighted by atomic mass is 19.1. The van der Waals surface area contributed by atoms with Gasteiger partial charge in [0.25, 0.3) is 11.8 Å². The summed E-state index contributed by atoms with van der Waals surface area (Å²) in [6, 6.07) is 10.1. The van der Waals surface area contributed by atoms with Crippen molar-refractivity contribution in [1.29, 1.82) is 0 Å². The van der Waals surface area contributed by atoms with E-state index in [2.05, 4.69) is 10.6 Å². The first-order chi connectivity index (χ1) is 14.2. The summed E-state index contributed by atoms with van der Waals surface area (Å²) in [5.74, 6) is -4.00. The molecule has 0 heterocycles. The monoisotopic (exact) mass is 418 g/mol. The number of carbonyl (C=O) groups is 3. The molecule has 0 aromatic heterocycles. The van der Waals surface area contributed by atoms with Crippen LogP contribution in [0, 0.1) is 17.6 Å². The minimum Gasteiger partial charge on any atom is -0.451 e. The lowest BCUT2D eigenvalue weighted by Gasteiger charge is -2.24. The summed E-state index contributed by atoms with van der Waals surface area (Å²) >= 11 is 0. The average Bonchev–Trinajstić information content (AvgIpc) is 2.73. The fourth-order valence-corrected chi connectivity index (χ4v) is 2.61. The van der Waals surface area contributed by atoms with E-state index >= 15 is 0 Å². The fourth-order valence-electron chi connectivity index (χ4n) is 2.61. The lowest BCUT2D eigenvalue weighted by atomic mass is 9.98. The van der Waals surface area contributed by atoms with Crippen molar-refractivity contribution in [1.82, 2.24) is 5.32 Å². The average molecular weight is 418 g/mol. The van der Waals surface area contributed by atoms with Crippen molar-refractivity contribution in [3.05, 3.63) is 65.7 Å². The molecule has 30 heavy (non-hydrogen) atoms. The smallest absolute Gasteiger partial charge is 0.329 e. The van der Waals surface area contributed by atoms with Gasteiger partial charge in [0.1, 0.15) is 17.7 Å². The van der Waals surface area contributed by atoms with E-state index < -0.39 is 41.6 Å². The molecule has 2 N–H and O–H groups in total. The van der Waals surface area contributed by atoms with E-state index in [1.54, 1.807) is 37.3 Å². The maximum Gasteiger partial charge on any atom is 0.329 e. The van der Waals surface area contributed by atoms with Gasteiger partial charge in [0.05, 0.1) is 5.69 Å². The quantitative estimate of drug-likeness (QED) is 0.641. The Labute approximate surface area is 173 Å². The number of hydrogen-bond acceptors (Lipinski definition) is 4. The van der Waals surface area contributed by atoms with E-state index in [0.29, 0.717) is 18.1 Å².